The third kappa shape index (κ3) is 46.7. The van der Waals surface area contributed by atoms with Crippen LogP contribution < -0.4 is 5.32 Å². The molecule has 0 saturated carbocycles. The van der Waals surface area contributed by atoms with E-state index in [1.165, 1.54) is 257 Å². The molecule has 9 nitrogen and oxygen atoms in total. The molecule has 0 aromatic heterocycles. The van der Waals surface area contributed by atoms with Crippen molar-refractivity contribution in [2.75, 3.05) is 13.2 Å². The van der Waals surface area contributed by atoms with Crippen molar-refractivity contribution in [1.29, 1.82) is 0 Å². The van der Waals surface area contributed by atoms with Crippen LogP contribution in [0.15, 0.2) is 48.6 Å². The zero-order valence-electron chi connectivity index (χ0n) is 51.2. The molecule has 0 aromatic rings. The number of ether oxygens (including phenoxy) is 2. The molecule has 1 aliphatic heterocycles. The van der Waals surface area contributed by atoms with Gasteiger partial charge in [0.05, 0.1) is 25.4 Å². The monoisotopic (exact) mass is 1100 g/mol. The van der Waals surface area contributed by atoms with Crippen molar-refractivity contribution in [2.45, 2.75) is 371 Å². The average Bonchev–Trinajstić information content (AvgIpc) is 3.45. The van der Waals surface area contributed by atoms with Gasteiger partial charge in [0.15, 0.2) is 6.29 Å². The minimum Gasteiger partial charge on any atom is -0.394 e. The number of allylic oxidation sites excluding steroid dienone is 7. The maximum Gasteiger partial charge on any atom is 0.220 e. The Hall–Kier alpha value is -1.85. The molecular weight excluding hydrogens is 971 g/mol. The Kier molecular flexibility index (Phi) is 55.5. The first kappa shape index (κ1) is 74.2. The van der Waals surface area contributed by atoms with E-state index in [4.69, 9.17) is 9.47 Å². The first-order valence-electron chi connectivity index (χ1n) is 33.9. The van der Waals surface area contributed by atoms with Gasteiger partial charge in [-0.3, -0.25) is 4.79 Å². The van der Waals surface area contributed by atoms with Crippen LogP contribution >= 0.6 is 0 Å². The Labute approximate surface area is 482 Å². The summed E-state index contributed by atoms with van der Waals surface area (Å²) < 4.78 is 11.3. The topological polar surface area (TPSA) is 149 Å². The van der Waals surface area contributed by atoms with Crippen molar-refractivity contribution in [3.05, 3.63) is 48.6 Å². The number of aliphatic hydroxyl groups is 5. The smallest absolute Gasteiger partial charge is 0.220 e. The molecule has 1 aliphatic rings. The van der Waals surface area contributed by atoms with Gasteiger partial charge in [-0.25, -0.2) is 0 Å². The molecule has 1 fully saturated rings. The van der Waals surface area contributed by atoms with Crippen LogP contribution in [0.4, 0.5) is 0 Å². The van der Waals surface area contributed by atoms with Crippen LogP contribution in [0.25, 0.3) is 0 Å². The molecule has 78 heavy (non-hydrogen) atoms. The van der Waals surface area contributed by atoms with Crippen molar-refractivity contribution in [3.8, 4) is 0 Å². The van der Waals surface area contributed by atoms with Gasteiger partial charge >= 0.3 is 0 Å². The number of nitrogens with one attached hydrogen (secondary N) is 1. The SMILES string of the molecule is CCCCCCC/C=C\C/C=C\C/C=C\CCCCCCCCCCCCCCC(=O)NC(COC1OC(CO)C(O)C(O)C1O)C(O)/C=C/CCCCCCCCCCCCCCCCCCCCCCCCCCCC. The summed E-state index contributed by atoms with van der Waals surface area (Å²) in [6.07, 6.45) is 72.0. The standard InChI is InChI=1S/C69H129NO8/c1-3-5-7-9-11-13-15-17-19-21-23-25-27-29-31-33-34-36-38-40-42-44-46-48-50-52-54-56-58-63(72)62(61-77-69-68(76)67(75)66(74)64(60-71)78-69)70-65(73)59-57-55-53-51-49-47-45-43-41-39-37-35-32-30-28-26-24-22-20-18-16-14-12-10-8-6-4-2/h16,18,22,24,28,30,56,58,62-64,66-69,71-72,74-76H,3-15,17,19-21,23,25-27,29,31-55,57,59-61H2,1-2H3,(H,70,73)/b18-16-,24-22-,30-28-,58-56+. The van der Waals surface area contributed by atoms with E-state index < -0.39 is 49.5 Å². The van der Waals surface area contributed by atoms with Gasteiger partial charge in [0, 0.05) is 6.42 Å². The molecule has 0 bridgehead atoms. The van der Waals surface area contributed by atoms with Crippen LogP contribution in [0.3, 0.4) is 0 Å². The fraction of sp³-hybridized carbons (Fsp3) is 0.870. The second-order valence-corrected chi connectivity index (χ2v) is 23.6. The summed E-state index contributed by atoms with van der Waals surface area (Å²) in [6.45, 7) is 3.81. The lowest BCUT2D eigenvalue weighted by molar-refractivity contribution is -0.302. The molecule has 458 valence electrons. The van der Waals surface area contributed by atoms with Gasteiger partial charge in [-0.2, -0.15) is 0 Å². The zero-order valence-corrected chi connectivity index (χ0v) is 51.2. The summed E-state index contributed by atoms with van der Waals surface area (Å²) in [5.41, 5.74) is 0. The lowest BCUT2D eigenvalue weighted by atomic mass is 9.99. The third-order valence-corrected chi connectivity index (χ3v) is 16.1. The number of amides is 1. The minimum atomic E-state index is -1.57. The molecule has 7 unspecified atom stereocenters. The van der Waals surface area contributed by atoms with Crippen molar-refractivity contribution < 1.29 is 39.8 Å². The number of aliphatic hydroxyl groups excluding tert-OH is 5. The molecule has 0 aliphatic carbocycles. The molecule has 0 radical (unpaired) electrons. The van der Waals surface area contributed by atoms with Crippen molar-refractivity contribution >= 4 is 5.91 Å². The number of carbonyl (C=O) groups excluding carboxylic acids is 1. The maximum atomic E-state index is 13.1. The highest BCUT2D eigenvalue weighted by Crippen LogP contribution is 2.23. The van der Waals surface area contributed by atoms with Crippen molar-refractivity contribution in [2.24, 2.45) is 0 Å². The second kappa shape index (κ2) is 58.4. The van der Waals surface area contributed by atoms with E-state index in [0.29, 0.717) is 6.42 Å². The van der Waals surface area contributed by atoms with E-state index in [1.807, 2.05) is 6.08 Å². The van der Waals surface area contributed by atoms with Gasteiger partial charge in [-0.1, -0.05) is 313 Å². The highest BCUT2D eigenvalue weighted by atomic mass is 16.7. The van der Waals surface area contributed by atoms with Gasteiger partial charge in [0.2, 0.25) is 5.91 Å². The maximum absolute atomic E-state index is 13.1. The van der Waals surface area contributed by atoms with Gasteiger partial charge in [-0.05, 0) is 57.8 Å². The van der Waals surface area contributed by atoms with Crippen LogP contribution in [0, 0.1) is 0 Å². The summed E-state index contributed by atoms with van der Waals surface area (Å²) in [5.74, 6) is -0.175. The number of hydrogen-bond acceptors (Lipinski definition) is 8. The second-order valence-electron chi connectivity index (χ2n) is 23.6. The molecule has 1 amide bonds. The quantitative estimate of drug-likeness (QED) is 0.0261. The lowest BCUT2D eigenvalue weighted by Crippen LogP contribution is -2.60. The van der Waals surface area contributed by atoms with E-state index in [0.717, 1.165) is 51.4 Å². The highest BCUT2D eigenvalue weighted by molar-refractivity contribution is 5.76. The predicted molar refractivity (Wildman–Crippen MR) is 332 cm³/mol. The first-order valence-corrected chi connectivity index (χ1v) is 33.9. The van der Waals surface area contributed by atoms with E-state index in [-0.39, 0.29) is 12.5 Å². The molecule has 1 saturated heterocycles. The third-order valence-electron chi connectivity index (χ3n) is 16.1. The molecule has 0 spiro atoms. The van der Waals surface area contributed by atoms with Crippen LogP contribution in [0.1, 0.15) is 328 Å². The minimum absolute atomic E-state index is 0.175. The molecule has 0 aromatic carbocycles. The largest absolute Gasteiger partial charge is 0.394 e. The Morgan fingerprint density at radius 2 is 0.756 bits per heavy atom. The highest BCUT2D eigenvalue weighted by Gasteiger charge is 2.44. The normalized spacial score (nSPS) is 18.9. The predicted octanol–water partition coefficient (Wildman–Crippen LogP) is 18.0. The van der Waals surface area contributed by atoms with Gasteiger partial charge in [0.25, 0.3) is 0 Å². The van der Waals surface area contributed by atoms with Crippen LogP contribution in [0.2, 0.25) is 0 Å². The Morgan fingerprint density at radius 1 is 0.436 bits per heavy atom. The van der Waals surface area contributed by atoms with Crippen molar-refractivity contribution in [1.82, 2.24) is 5.32 Å². The molecule has 9 heteroatoms. The fourth-order valence-electron chi connectivity index (χ4n) is 10.8. The summed E-state index contributed by atoms with van der Waals surface area (Å²) in [5, 5.41) is 54.7. The van der Waals surface area contributed by atoms with Gasteiger partial charge in [-0.15, -0.1) is 0 Å². The molecular formula is C69H129NO8. The van der Waals surface area contributed by atoms with Crippen LogP contribution in [0.5, 0.6) is 0 Å². The summed E-state index contributed by atoms with van der Waals surface area (Å²) in [4.78, 5) is 13.1. The average molecular weight is 1100 g/mol. The first-order chi connectivity index (χ1) is 38.3. The van der Waals surface area contributed by atoms with Crippen LogP contribution in [-0.2, 0) is 14.3 Å². The van der Waals surface area contributed by atoms with Crippen molar-refractivity contribution in [3.63, 3.8) is 0 Å². The molecule has 7 atom stereocenters. The fourth-order valence-corrected chi connectivity index (χ4v) is 10.8. The lowest BCUT2D eigenvalue weighted by Gasteiger charge is -2.40. The Balaban J connectivity index is 2.16. The summed E-state index contributed by atoms with van der Waals surface area (Å²) in [6, 6.07) is -0.809. The molecule has 6 N–H and O–H groups in total. The van der Waals surface area contributed by atoms with E-state index in [2.05, 4.69) is 55.6 Å². The number of carbonyl (C=O) groups is 1. The molecule has 1 heterocycles. The van der Waals surface area contributed by atoms with Crippen LogP contribution in [-0.4, -0.2) is 87.5 Å². The number of rotatable bonds is 59. The van der Waals surface area contributed by atoms with Gasteiger partial charge in [0.1, 0.15) is 24.4 Å². The van der Waals surface area contributed by atoms with E-state index in [1.54, 1.807) is 6.08 Å². The summed E-state index contributed by atoms with van der Waals surface area (Å²) >= 11 is 0. The number of unbranched alkanes of at least 4 members (excludes halogenated alkanes) is 43. The van der Waals surface area contributed by atoms with E-state index >= 15 is 0 Å². The van der Waals surface area contributed by atoms with E-state index in [9.17, 15) is 30.3 Å². The Bertz CT molecular complexity index is 1370. The zero-order chi connectivity index (χ0) is 56.5. The van der Waals surface area contributed by atoms with Gasteiger partial charge < -0.3 is 40.3 Å². The Morgan fingerprint density at radius 3 is 1.12 bits per heavy atom. The molecule has 1 rings (SSSR count). The summed E-state index contributed by atoms with van der Waals surface area (Å²) in [7, 11) is 0. The number of hydrogen-bond donors (Lipinski definition) is 6.